The molecule has 0 aliphatic rings. The van der Waals surface area contributed by atoms with E-state index in [0.717, 1.165) is 16.7 Å². The number of anilines is 1. The Labute approximate surface area is 175 Å². The number of nitrogens with one attached hydrogen (secondary N) is 1. The Bertz CT molecular complexity index is 1110. The summed E-state index contributed by atoms with van der Waals surface area (Å²) in [5.74, 6) is 0.0930. The van der Waals surface area contributed by atoms with Crippen LogP contribution >= 0.6 is 23.1 Å². The lowest BCUT2D eigenvalue weighted by Crippen LogP contribution is -2.11. The normalized spacial score (nSPS) is 10.7. The molecule has 1 N–H and O–H groups in total. The largest absolute Gasteiger partial charge is 0.296 e. The van der Waals surface area contributed by atoms with Crippen molar-refractivity contribution in [3.8, 4) is 11.1 Å². The Balaban J connectivity index is 1.36. The van der Waals surface area contributed by atoms with Gasteiger partial charge in [-0.1, -0.05) is 77.7 Å². The van der Waals surface area contributed by atoms with Gasteiger partial charge in [0, 0.05) is 11.3 Å². The van der Waals surface area contributed by atoms with Crippen LogP contribution in [0.5, 0.6) is 0 Å². The predicted molar refractivity (Wildman–Crippen MR) is 116 cm³/mol. The fourth-order valence-corrected chi connectivity index (χ4v) is 4.39. The minimum atomic E-state index is -0.258. The Morgan fingerprint density at radius 3 is 2.45 bits per heavy atom. The summed E-state index contributed by atoms with van der Waals surface area (Å²) >= 11 is 2.75. The fraction of sp³-hybridized carbons (Fsp3) is 0.0455. The molecule has 0 aliphatic carbocycles. The average molecular weight is 422 g/mol. The maximum Gasteiger partial charge on any atom is 0.257 e. The monoisotopic (exact) mass is 421 g/mol. The van der Waals surface area contributed by atoms with Crippen LogP contribution < -0.4 is 5.32 Å². The molecule has 4 aromatic rings. The van der Waals surface area contributed by atoms with E-state index in [-0.39, 0.29) is 11.7 Å². The summed E-state index contributed by atoms with van der Waals surface area (Å²) < 4.78 is 14.0. The van der Waals surface area contributed by atoms with Crippen LogP contribution in [-0.2, 0) is 5.75 Å². The van der Waals surface area contributed by atoms with Gasteiger partial charge in [-0.05, 0) is 41.0 Å². The number of nitrogens with zero attached hydrogens (tertiary/aromatic N) is 2. The highest BCUT2D eigenvalue weighted by atomic mass is 32.2. The second-order valence-electron chi connectivity index (χ2n) is 6.19. The zero-order valence-corrected chi connectivity index (χ0v) is 16.8. The summed E-state index contributed by atoms with van der Waals surface area (Å²) in [6.45, 7) is 0. The first-order valence-electron chi connectivity index (χ1n) is 8.85. The topological polar surface area (TPSA) is 54.9 Å². The molecule has 0 saturated heterocycles. The van der Waals surface area contributed by atoms with Crippen LogP contribution in [0.25, 0.3) is 11.1 Å². The standard InChI is InChI=1S/C22H16FN3OS2/c23-19-8-4-5-15(13-19)14-28-22-26-25-21(29-22)24-20(27)18-11-9-17(10-12-18)16-6-2-1-3-7-16/h1-13H,14H2,(H,24,25,27). The summed E-state index contributed by atoms with van der Waals surface area (Å²) in [6.07, 6.45) is 0. The zero-order chi connectivity index (χ0) is 20.1. The molecule has 1 amide bonds. The molecule has 3 aromatic carbocycles. The summed E-state index contributed by atoms with van der Waals surface area (Å²) in [5.41, 5.74) is 3.57. The molecule has 144 valence electrons. The molecule has 0 fully saturated rings. The molecule has 0 atom stereocenters. The number of thioether (sulfide) groups is 1. The summed E-state index contributed by atoms with van der Waals surface area (Å²) in [7, 11) is 0. The molecule has 0 aliphatic heterocycles. The molecule has 4 rings (SSSR count). The van der Waals surface area contributed by atoms with E-state index in [1.54, 1.807) is 18.2 Å². The van der Waals surface area contributed by atoms with Crippen LogP contribution in [0.4, 0.5) is 9.52 Å². The predicted octanol–water partition coefficient (Wildman–Crippen LogP) is 5.89. The Morgan fingerprint density at radius 2 is 1.69 bits per heavy atom. The zero-order valence-electron chi connectivity index (χ0n) is 15.2. The van der Waals surface area contributed by atoms with Gasteiger partial charge < -0.3 is 0 Å². The van der Waals surface area contributed by atoms with Gasteiger partial charge in [0.25, 0.3) is 5.91 Å². The van der Waals surface area contributed by atoms with Crippen molar-refractivity contribution in [1.82, 2.24) is 10.2 Å². The molecule has 0 saturated carbocycles. The molecule has 0 unspecified atom stereocenters. The van der Waals surface area contributed by atoms with E-state index in [1.165, 1.54) is 35.2 Å². The van der Waals surface area contributed by atoms with Gasteiger partial charge in [-0.25, -0.2) is 4.39 Å². The minimum absolute atomic E-state index is 0.234. The smallest absolute Gasteiger partial charge is 0.257 e. The van der Waals surface area contributed by atoms with E-state index >= 15 is 0 Å². The maximum absolute atomic E-state index is 13.2. The number of halogens is 1. The van der Waals surface area contributed by atoms with Crippen molar-refractivity contribution < 1.29 is 9.18 Å². The van der Waals surface area contributed by atoms with Crippen molar-refractivity contribution in [3.05, 3.63) is 95.8 Å². The molecular formula is C22H16FN3OS2. The van der Waals surface area contributed by atoms with Gasteiger partial charge in [0.05, 0.1) is 0 Å². The molecule has 0 bridgehead atoms. The van der Waals surface area contributed by atoms with E-state index in [4.69, 9.17) is 0 Å². The van der Waals surface area contributed by atoms with Crippen LogP contribution in [0.3, 0.4) is 0 Å². The van der Waals surface area contributed by atoms with Crippen LogP contribution in [0.1, 0.15) is 15.9 Å². The minimum Gasteiger partial charge on any atom is -0.296 e. The quantitative estimate of drug-likeness (QED) is 0.312. The first-order chi connectivity index (χ1) is 14.2. The molecule has 0 spiro atoms. The number of carbonyl (C=O) groups excluding carboxylic acids is 1. The highest BCUT2D eigenvalue weighted by Gasteiger charge is 2.11. The molecule has 7 heteroatoms. The number of hydrogen-bond acceptors (Lipinski definition) is 5. The Morgan fingerprint density at radius 1 is 0.931 bits per heavy atom. The third kappa shape index (κ3) is 5.07. The maximum atomic E-state index is 13.2. The second kappa shape index (κ2) is 8.98. The SMILES string of the molecule is O=C(Nc1nnc(SCc2cccc(F)c2)s1)c1ccc(-c2ccccc2)cc1. The first kappa shape index (κ1) is 19.3. The molecular weight excluding hydrogens is 405 g/mol. The van der Waals surface area contributed by atoms with Gasteiger partial charge >= 0.3 is 0 Å². The average Bonchev–Trinajstić information content (AvgIpc) is 3.20. The summed E-state index contributed by atoms with van der Waals surface area (Å²) in [4.78, 5) is 12.5. The van der Waals surface area contributed by atoms with Crippen LogP contribution in [0.15, 0.2) is 83.2 Å². The van der Waals surface area contributed by atoms with Crippen molar-refractivity contribution in [3.63, 3.8) is 0 Å². The lowest BCUT2D eigenvalue weighted by atomic mass is 10.0. The van der Waals surface area contributed by atoms with Gasteiger partial charge in [0.15, 0.2) is 4.34 Å². The van der Waals surface area contributed by atoms with Crippen molar-refractivity contribution in [2.45, 2.75) is 10.1 Å². The molecule has 0 radical (unpaired) electrons. The number of rotatable bonds is 6. The number of amides is 1. The third-order valence-corrected chi connectivity index (χ3v) is 6.18. The molecule has 4 nitrogen and oxygen atoms in total. The number of benzene rings is 3. The van der Waals surface area contributed by atoms with E-state index < -0.39 is 0 Å². The Hall–Kier alpha value is -3.03. The van der Waals surface area contributed by atoms with Crippen molar-refractivity contribution in [2.75, 3.05) is 5.32 Å². The highest BCUT2D eigenvalue weighted by molar-refractivity contribution is 8.00. The van der Waals surface area contributed by atoms with E-state index in [9.17, 15) is 9.18 Å². The van der Waals surface area contributed by atoms with Gasteiger partial charge in [0.1, 0.15) is 5.82 Å². The van der Waals surface area contributed by atoms with Gasteiger partial charge in [0.2, 0.25) is 5.13 Å². The first-order valence-corrected chi connectivity index (χ1v) is 10.7. The number of aromatic nitrogens is 2. The van der Waals surface area contributed by atoms with Crippen molar-refractivity contribution >= 4 is 34.1 Å². The van der Waals surface area contributed by atoms with Crippen molar-refractivity contribution in [2.24, 2.45) is 0 Å². The number of carbonyl (C=O) groups is 1. The van der Waals surface area contributed by atoms with Crippen LogP contribution in [0, 0.1) is 5.82 Å². The third-order valence-electron chi connectivity index (χ3n) is 4.13. The van der Waals surface area contributed by atoms with Crippen molar-refractivity contribution in [1.29, 1.82) is 0 Å². The summed E-state index contributed by atoms with van der Waals surface area (Å²) in [5, 5.41) is 11.3. The number of hydrogen-bond donors (Lipinski definition) is 1. The van der Waals surface area contributed by atoms with E-state index in [1.807, 2.05) is 48.5 Å². The summed E-state index contributed by atoms with van der Waals surface area (Å²) in [6, 6.07) is 23.9. The molecule has 1 aromatic heterocycles. The molecule has 1 heterocycles. The van der Waals surface area contributed by atoms with Gasteiger partial charge in [-0.15, -0.1) is 10.2 Å². The lowest BCUT2D eigenvalue weighted by Gasteiger charge is -2.04. The van der Waals surface area contributed by atoms with Gasteiger partial charge in [-0.3, -0.25) is 10.1 Å². The lowest BCUT2D eigenvalue weighted by molar-refractivity contribution is 0.102. The second-order valence-corrected chi connectivity index (χ2v) is 8.39. The van der Waals surface area contributed by atoms with E-state index in [0.29, 0.717) is 20.8 Å². The van der Waals surface area contributed by atoms with Crippen LogP contribution in [0.2, 0.25) is 0 Å². The van der Waals surface area contributed by atoms with Gasteiger partial charge in [-0.2, -0.15) is 0 Å². The van der Waals surface area contributed by atoms with Crippen LogP contribution in [-0.4, -0.2) is 16.1 Å². The Kier molecular flexibility index (Phi) is 5.97. The molecule has 29 heavy (non-hydrogen) atoms. The van der Waals surface area contributed by atoms with E-state index in [2.05, 4.69) is 15.5 Å². The highest BCUT2D eigenvalue weighted by Crippen LogP contribution is 2.29. The fourth-order valence-electron chi connectivity index (χ4n) is 2.70.